The van der Waals surface area contributed by atoms with Gasteiger partial charge in [0, 0.05) is 56.9 Å². The average Bonchev–Trinajstić information content (AvgIpc) is 3.48. The fourth-order valence-corrected chi connectivity index (χ4v) is 8.07. The maximum atomic E-state index is 14.0. The van der Waals surface area contributed by atoms with Crippen molar-refractivity contribution in [2.24, 2.45) is 0 Å². The number of benzene rings is 2. The predicted molar refractivity (Wildman–Crippen MR) is 185 cm³/mol. The molecule has 4 heterocycles. The van der Waals surface area contributed by atoms with E-state index in [2.05, 4.69) is 10.2 Å². The number of nitrogens with zero attached hydrogens (tertiary/aromatic N) is 4. The summed E-state index contributed by atoms with van der Waals surface area (Å²) in [5, 5.41) is 2.71. The number of alkyl halides is 3. The van der Waals surface area contributed by atoms with E-state index in [9.17, 15) is 27.6 Å². The van der Waals surface area contributed by atoms with E-state index in [1.54, 1.807) is 4.90 Å². The largest absolute Gasteiger partial charge is 0.436 e. The van der Waals surface area contributed by atoms with Crippen LogP contribution < -0.4 is 11.1 Å². The molecule has 0 aliphatic carbocycles. The van der Waals surface area contributed by atoms with Gasteiger partial charge in [0.1, 0.15) is 0 Å². The van der Waals surface area contributed by atoms with Gasteiger partial charge in [0.15, 0.2) is 6.10 Å². The molecule has 0 spiro atoms. The SMILES string of the molecule is Nc1c(Cl)cc(CC(OC(=O)N2CCC(N3CCc4ccccc4NC3=O)CC2)C(=O)N2CCC(N3CCCCCC3)CC2)cc1C(F)(F)F. The van der Waals surface area contributed by atoms with E-state index < -0.39 is 35.5 Å². The number of carbonyl (C=O) groups is 3. The second kappa shape index (κ2) is 15.7. The minimum atomic E-state index is -4.76. The zero-order chi connectivity index (χ0) is 35.4. The number of hydrogen-bond donors (Lipinski definition) is 2. The third kappa shape index (κ3) is 8.42. The monoisotopic (exact) mass is 718 g/mol. The highest BCUT2D eigenvalue weighted by Crippen LogP contribution is 2.38. The minimum Gasteiger partial charge on any atom is -0.436 e. The van der Waals surface area contributed by atoms with Gasteiger partial charge in [0.25, 0.3) is 5.91 Å². The molecule has 272 valence electrons. The third-order valence-corrected chi connectivity index (χ3v) is 11.0. The lowest BCUT2D eigenvalue weighted by Gasteiger charge is -2.40. The second-order valence-corrected chi connectivity index (χ2v) is 14.3. The number of halogens is 4. The van der Waals surface area contributed by atoms with Gasteiger partial charge in [-0.2, -0.15) is 13.2 Å². The Morgan fingerprint density at radius 3 is 2.22 bits per heavy atom. The van der Waals surface area contributed by atoms with E-state index >= 15 is 0 Å². The molecule has 1 unspecified atom stereocenters. The maximum absolute atomic E-state index is 14.0. The summed E-state index contributed by atoms with van der Waals surface area (Å²) in [6.07, 6.45) is 0.972. The molecule has 14 heteroatoms. The normalized spacial score (nSPS) is 20.8. The van der Waals surface area contributed by atoms with E-state index in [4.69, 9.17) is 22.1 Å². The summed E-state index contributed by atoms with van der Waals surface area (Å²) in [6.45, 7) is 4.18. The van der Waals surface area contributed by atoms with Crippen molar-refractivity contribution in [1.82, 2.24) is 19.6 Å². The van der Waals surface area contributed by atoms with Gasteiger partial charge in [-0.1, -0.05) is 42.6 Å². The number of anilines is 2. The molecule has 1 atom stereocenters. The van der Waals surface area contributed by atoms with Gasteiger partial charge in [-0.05, 0) is 87.4 Å². The van der Waals surface area contributed by atoms with Crippen molar-refractivity contribution in [3.05, 3.63) is 58.1 Å². The van der Waals surface area contributed by atoms with Crippen LogP contribution in [0.2, 0.25) is 5.02 Å². The van der Waals surface area contributed by atoms with Gasteiger partial charge in [-0.25, -0.2) is 9.59 Å². The summed E-state index contributed by atoms with van der Waals surface area (Å²) < 4.78 is 47.3. The first kappa shape index (κ1) is 36.1. The van der Waals surface area contributed by atoms with E-state index in [0.29, 0.717) is 58.0 Å². The predicted octanol–water partition coefficient (Wildman–Crippen LogP) is 6.41. The van der Waals surface area contributed by atoms with Crippen molar-refractivity contribution in [3.63, 3.8) is 0 Å². The summed E-state index contributed by atoms with van der Waals surface area (Å²) in [7, 11) is 0. The van der Waals surface area contributed by atoms with Gasteiger partial charge in [0.2, 0.25) is 0 Å². The van der Waals surface area contributed by atoms with Gasteiger partial charge < -0.3 is 35.4 Å². The number of urea groups is 1. The fourth-order valence-electron chi connectivity index (χ4n) is 7.83. The molecular weight excluding hydrogens is 673 g/mol. The molecule has 4 amide bonds. The molecule has 6 rings (SSSR count). The Hall–Kier alpha value is -3.71. The van der Waals surface area contributed by atoms with E-state index in [1.165, 1.54) is 23.8 Å². The average molecular weight is 719 g/mol. The topological polar surface area (TPSA) is 111 Å². The van der Waals surface area contributed by atoms with Crippen molar-refractivity contribution in [3.8, 4) is 0 Å². The lowest BCUT2D eigenvalue weighted by molar-refractivity contribution is -0.142. The van der Waals surface area contributed by atoms with E-state index in [-0.39, 0.29) is 29.1 Å². The van der Waals surface area contributed by atoms with Crippen molar-refractivity contribution >= 4 is 41.0 Å². The summed E-state index contributed by atoms with van der Waals surface area (Å²) in [4.78, 5) is 48.1. The minimum absolute atomic E-state index is 0.0889. The zero-order valence-electron chi connectivity index (χ0n) is 28.2. The maximum Gasteiger partial charge on any atom is 0.418 e. The standard InChI is InChI=1S/C36H46ClF3N6O4/c37-29-22-24(21-28(32(29)41)36(38,39)40)23-31(33(47)44-16-10-26(11-17-44)43-14-5-1-2-6-15-43)50-35(49)45-18-12-27(13-19-45)46-20-9-25-7-3-4-8-30(25)42-34(46)48/h3-4,7-8,21-22,26-27,31H,1-2,5-6,9-20,23,41H2,(H,42,48). The van der Waals surface area contributed by atoms with E-state index in [1.807, 2.05) is 29.2 Å². The Morgan fingerprint density at radius 2 is 1.54 bits per heavy atom. The first-order valence-electron chi connectivity index (χ1n) is 17.8. The first-order valence-corrected chi connectivity index (χ1v) is 18.1. The molecule has 10 nitrogen and oxygen atoms in total. The molecule has 3 N–H and O–H groups in total. The number of nitrogens with two attached hydrogens (primary N) is 1. The second-order valence-electron chi connectivity index (χ2n) is 13.9. The summed E-state index contributed by atoms with van der Waals surface area (Å²) in [6, 6.07) is 9.97. The zero-order valence-corrected chi connectivity index (χ0v) is 29.0. The molecule has 50 heavy (non-hydrogen) atoms. The Morgan fingerprint density at radius 1 is 0.900 bits per heavy atom. The number of piperidine rings is 2. The Balaban J connectivity index is 1.12. The molecular formula is C36H46ClF3N6O4. The van der Waals surface area contributed by atoms with Crippen LogP contribution in [0.4, 0.5) is 34.1 Å². The number of fused-ring (bicyclic) bond motifs is 1. The van der Waals surface area contributed by atoms with Crippen molar-refractivity contribution < 1.29 is 32.3 Å². The van der Waals surface area contributed by atoms with Crippen LogP contribution in [0, 0.1) is 0 Å². The Labute approximate surface area is 296 Å². The van der Waals surface area contributed by atoms with Gasteiger partial charge in [0.05, 0.1) is 16.3 Å². The number of para-hydroxylation sites is 1. The van der Waals surface area contributed by atoms with Crippen LogP contribution in [-0.2, 0) is 28.5 Å². The third-order valence-electron chi connectivity index (χ3n) is 10.7. The highest BCUT2D eigenvalue weighted by atomic mass is 35.5. The van der Waals surface area contributed by atoms with Crippen LogP contribution in [0.15, 0.2) is 36.4 Å². The summed E-state index contributed by atoms with van der Waals surface area (Å²) in [5.74, 6) is -0.440. The van der Waals surface area contributed by atoms with Crippen LogP contribution in [0.5, 0.6) is 0 Å². The molecule has 4 aliphatic rings. The number of amides is 4. The summed E-state index contributed by atoms with van der Waals surface area (Å²) >= 11 is 6.12. The first-order chi connectivity index (χ1) is 24.0. The highest BCUT2D eigenvalue weighted by molar-refractivity contribution is 6.33. The fraction of sp³-hybridized carbons (Fsp3) is 0.583. The number of hydrogen-bond acceptors (Lipinski definition) is 6. The highest BCUT2D eigenvalue weighted by Gasteiger charge is 2.38. The smallest absolute Gasteiger partial charge is 0.418 e. The molecule has 4 aliphatic heterocycles. The number of likely N-dealkylation sites (tertiary alicyclic amines) is 3. The lowest BCUT2D eigenvalue weighted by Crippen LogP contribution is -2.52. The van der Waals surface area contributed by atoms with Crippen LogP contribution in [0.1, 0.15) is 68.1 Å². The van der Waals surface area contributed by atoms with Crippen molar-refractivity contribution in [2.45, 2.75) is 88.6 Å². The quantitative estimate of drug-likeness (QED) is 0.334. The Kier molecular flexibility index (Phi) is 11.3. The van der Waals surface area contributed by atoms with Crippen LogP contribution in [0.3, 0.4) is 0 Å². The molecule has 3 saturated heterocycles. The number of carbonyl (C=O) groups excluding carboxylic acids is 3. The molecule has 2 aromatic rings. The van der Waals surface area contributed by atoms with E-state index in [0.717, 1.165) is 56.1 Å². The van der Waals surface area contributed by atoms with Gasteiger partial charge in [-0.3, -0.25) is 4.79 Å². The van der Waals surface area contributed by atoms with Gasteiger partial charge >= 0.3 is 18.3 Å². The lowest BCUT2D eigenvalue weighted by atomic mass is 9.99. The molecule has 0 saturated carbocycles. The molecule has 0 aromatic heterocycles. The summed E-state index contributed by atoms with van der Waals surface area (Å²) in [5.41, 5.74) is 5.92. The van der Waals surface area contributed by atoms with Crippen molar-refractivity contribution in [2.75, 3.05) is 56.9 Å². The van der Waals surface area contributed by atoms with Crippen molar-refractivity contribution in [1.29, 1.82) is 0 Å². The van der Waals surface area contributed by atoms with Crippen LogP contribution in [0.25, 0.3) is 0 Å². The Bertz CT molecular complexity index is 1540. The number of nitrogens with one attached hydrogen (secondary N) is 1. The molecule has 2 aromatic carbocycles. The molecule has 0 radical (unpaired) electrons. The number of rotatable bonds is 6. The molecule has 3 fully saturated rings. The van der Waals surface area contributed by atoms with Gasteiger partial charge in [-0.15, -0.1) is 0 Å². The van der Waals surface area contributed by atoms with Crippen LogP contribution in [-0.4, -0.2) is 102 Å². The molecule has 0 bridgehead atoms. The number of nitrogen functional groups attached to an aromatic ring is 1. The number of ether oxygens (including phenoxy) is 1. The van der Waals surface area contributed by atoms with Crippen LogP contribution >= 0.6 is 11.6 Å².